The summed E-state index contributed by atoms with van der Waals surface area (Å²) in [5.74, 6) is -1.13. The lowest BCUT2D eigenvalue weighted by Gasteiger charge is -2.15. The maximum absolute atomic E-state index is 12.6. The smallest absolute Gasteiger partial charge is 0.267 e. The lowest BCUT2D eigenvalue weighted by molar-refractivity contribution is 0.0847. The van der Waals surface area contributed by atoms with Crippen molar-refractivity contribution in [2.24, 2.45) is 0 Å². The van der Waals surface area contributed by atoms with Crippen LogP contribution in [0.2, 0.25) is 0 Å². The molecule has 2 aromatic heterocycles. The van der Waals surface area contributed by atoms with Crippen molar-refractivity contribution in [3.63, 3.8) is 0 Å². The van der Waals surface area contributed by atoms with Crippen molar-refractivity contribution >= 4 is 27.5 Å². The second-order valence-corrected chi connectivity index (χ2v) is 8.83. The van der Waals surface area contributed by atoms with Gasteiger partial charge in [0, 0.05) is 31.0 Å². The molecule has 1 aliphatic rings. The standard InChI is InChI=1S/C19H20N6O4S/c1-13-16(17-20-9-4-12-25(17)23-13)19(27)22-21-18(26)14-5-7-15(8-6-14)30(28,29)24-10-2-3-11-24/h4-9,12H,2-3,10-11H2,1H3,(H,21,26)(H,22,27). The number of sulfonamides is 1. The number of aryl methyl sites for hydroxylation is 1. The van der Waals surface area contributed by atoms with E-state index in [0.29, 0.717) is 24.4 Å². The van der Waals surface area contributed by atoms with Crippen molar-refractivity contribution < 1.29 is 18.0 Å². The zero-order valence-electron chi connectivity index (χ0n) is 16.2. The zero-order chi connectivity index (χ0) is 21.3. The van der Waals surface area contributed by atoms with Crippen molar-refractivity contribution in [3.05, 3.63) is 59.5 Å². The summed E-state index contributed by atoms with van der Waals surface area (Å²) in [5.41, 5.74) is 5.99. The molecule has 1 aromatic carbocycles. The van der Waals surface area contributed by atoms with Crippen LogP contribution in [0.4, 0.5) is 0 Å². The van der Waals surface area contributed by atoms with Gasteiger partial charge in [-0.05, 0) is 50.1 Å². The SMILES string of the molecule is Cc1nn2cccnc2c1C(=O)NNC(=O)c1ccc(S(=O)(=O)N2CCCC2)cc1. The van der Waals surface area contributed by atoms with Crippen LogP contribution in [0.15, 0.2) is 47.6 Å². The predicted octanol–water partition coefficient (Wildman–Crippen LogP) is 0.897. The molecule has 10 nitrogen and oxygen atoms in total. The number of aromatic nitrogens is 3. The van der Waals surface area contributed by atoms with Crippen molar-refractivity contribution in [3.8, 4) is 0 Å². The minimum atomic E-state index is -3.55. The lowest BCUT2D eigenvalue weighted by Crippen LogP contribution is -2.41. The molecule has 4 rings (SSSR count). The largest absolute Gasteiger partial charge is 0.275 e. The molecule has 0 atom stereocenters. The fourth-order valence-electron chi connectivity index (χ4n) is 3.37. The summed E-state index contributed by atoms with van der Waals surface area (Å²) in [7, 11) is -3.55. The van der Waals surface area contributed by atoms with E-state index in [1.807, 2.05) is 0 Å². The van der Waals surface area contributed by atoms with E-state index < -0.39 is 21.8 Å². The first-order valence-corrected chi connectivity index (χ1v) is 10.8. The first kappa shape index (κ1) is 20.0. The number of benzene rings is 1. The number of carbonyl (C=O) groups is 2. The highest BCUT2D eigenvalue weighted by molar-refractivity contribution is 7.89. The van der Waals surface area contributed by atoms with Crippen molar-refractivity contribution in [1.29, 1.82) is 0 Å². The molecule has 1 aliphatic heterocycles. The first-order valence-electron chi connectivity index (χ1n) is 9.39. The van der Waals surface area contributed by atoms with Crippen LogP contribution >= 0.6 is 0 Å². The Kier molecular flexibility index (Phi) is 5.22. The van der Waals surface area contributed by atoms with E-state index in [1.165, 1.54) is 33.1 Å². The Hall–Kier alpha value is -3.31. The topological polar surface area (TPSA) is 126 Å². The minimum absolute atomic E-state index is 0.137. The Balaban J connectivity index is 1.44. The molecule has 2 amide bonds. The van der Waals surface area contributed by atoms with Crippen LogP contribution in [0.1, 0.15) is 39.3 Å². The van der Waals surface area contributed by atoms with Gasteiger partial charge >= 0.3 is 0 Å². The van der Waals surface area contributed by atoms with E-state index in [4.69, 9.17) is 0 Å². The Morgan fingerprint density at radius 3 is 2.40 bits per heavy atom. The third-order valence-electron chi connectivity index (χ3n) is 4.91. The van der Waals surface area contributed by atoms with Crippen LogP contribution in [0.25, 0.3) is 5.65 Å². The highest BCUT2D eigenvalue weighted by atomic mass is 32.2. The second-order valence-electron chi connectivity index (χ2n) is 6.89. The third kappa shape index (κ3) is 3.64. The molecule has 30 heavy (non-hydrogen) atoms. The number of hydrogen-bond acceptors (Lipinski definition) is 6. The average Bonchev–Trinajstić information content (AvgIpc) is 3.39. The predicted molar refractivity (Wildman–Crippen MR) is 107 cm³/mol. The number of amides is 2. The van der Waals surface area contributed by atoms with Gasteiger partial charge in [0.15, 0.2) is 5.65 Å². The number of hydrogen-bond donors (Lipinski definition) is 2. The molecule has 1 fully saturated rings. The molecule has 0 bridgehead atoms. The van der Waals surface area contributed by atoms with Crippen LogP contribution in [-0.4, -0.2) is 52.2 Å². The number of nitrogens with zero attached hydrogens (tertiary/aromatic N) is 4. The molecule has 3 heterocycles. The van der Waals surface area contributed by atoms with Crippen molar-refractivity contribution in [2.45, 2.75) is 24.7 Å². The van der Waals surface area contributed by atoms with E-state index in [0.717, 1.165) is 12.8 Å². The molecule has 2 N–H and O–H groups in total. The molecule has 11 heteroatoms. The van der Waals surface area contributed by atoms with E-state index in [9.17, 15) is 18.0 Å². The van der Waals surface area contributed by atoms with Crippen LogP contribution in [0, 0.1) is 6.92 Å². The Morgan fingerprint density at radius 1 is 1.03 bits per heavy atom. The minimum Gasteiger partial charge on any atom is -0.267 e. The van der Waals surface area contributed by atoms with Gasteiger partial charge in [-0.3, -0.25) is 20.4 Å². The third-order valence-corrected chi connectivity index (χ3v) is 6.82. The van der Waals surface area contributed by atoms with Gasteiger partial charge in [0.25, 0.3) is 11.8 Å². The summed E-state index contributed by atoms with van der Waals surface area (Å²) in [6.45, 7) is 2.69. The van der Waals surface area contributed by atoms with Gasteiger partial charge in [-0.25, -0.2) is 17.9 Å². The molecule has 0 aliphatic carbocycles. The van der Waals surface area contributed by atoms with E-state index in [-0.39, 0.29) is 16.0 Å². The molecular weight excluding hydrogens is 408 g/mol. The quantitative estimate of drug-likeness (QED) is 0.595. The summed E-state index contributed by atoms with van der Waals surface area (Å²) in [6, 6.07) is 7.29. The normalized spacial score (nSPS) is 14.7. The Bertz CT molecular complexity index is 1210. The van der Waals surface area contributed by atoms with Gasteiger partial charge in [0.1, 0.15) is 5.56 Å². The number of rotatable bonds is 4. The monoisotopic (exact) mass is 428 g/mol. The van der Waals surface area contributed by atoms with Gasteiger partial charge in [0.2, 0.25) is 10.0 Å². The molecule has 3 aromatic rings. The van der Waals surface area contributed by atoms with Gasteiger partial charge in [-0.2, -0.15) is 9.40 Å². The molecule has 0 unspecified atom stereocenters. The fraction of sp³-hybridized carbons (Fsp3) is 0.263. The average molecular weight is 428 g/mol. The second kappa shape index (κ2) is 7.84. The Labute approximate surface area is 172 Å². The summed E-state index contributed by atoms with van der Waals surface area (Å²) >= 11 is 0. The highest BCUT2D eigenvalue weighted by Gasteiger charge is 2.27. The van der Waals surface area contributed by atoms with Crippen LogP contribution in [0.3, 0.4) is 0 Å². The van der Waals surface area contributed by atoms with Crippen molar-refractivity contribution in [2.75, 3.05) is 13.1 Å². The number of hydrazine groups is 1. The maximum Gasteiger partial charge on any atom is 0.275 e. The highest BCUT2D eigenvalue weighted by Crippen LogP contribution is 2.21. The molecular formula is C19H20N6O4S. The summed E-state index contributed by atoms with van der Waals surface area (Å²) in [5, 5.41) is 4.20. The summed E-state index contributed by atoms with van der Waals surface area (Å²) in [4.78, 5) is 29.1. The lowest BCUT2D eigenvalue weighted by atomic mass is 10.2. The van der Waals surface area contributed by atoms with Crippen LogP contribution in [0.5, 0.6) is 0 Å². The van der Waals surface area contributed by atoms with E-state index in [2.05, 4.69) is 20.9 Å². The van der Waals surface area contributed by atoms with Crippen LogP contribution < -0.4 is 10.9 Å². The number of nitrogens with one attached hydrogen (secondary N) is 2. The van der Waals surface area contributed by atoms with Crippen LogP contribution in [-0.2, 0) is 10.0 Å². The Morgan fingerprint density at radius 2 is 1.70 bits per heavy atom. The van der Waals surface area contributed by atoms with Gasteiger partial charge in [-0.1, -0.05) is 0 Å². The summed E-state index contributed by atoms with van der Waals surface area (Å²) in [6.07, 6.45) is 4.91. The molecule has 0 spiro atoms. The fourth-order valence-corrected chi connectivity index (χ4v) is 4.88. The number of fused-ring (bicyclic) bond motifs is 1. The molecule has 1 saturated heterocycles. The molecule has 0 radical (unpaired) electrons. The number of carbonyl (C=O) groups excluding carboxylic acids is 2. The first-order chi connectivity index (χ1) is 14.4. The molecule has 0 saturated carbocycles. The summed E-state index contributed by atoms with van der Waals surface area (Å²) < 4.78 is 28.0. The van der Waals surface area contributed by atoms with Crippen molar-refractivity contribution in [1.82, 2.24) is 29.8 Å². The van der Waals surface area contributed by atoms with Gasteiger partial charge < -0.3 is 0 Å². The van der Waals surface area contributed by atoms with Gasteiger partial charge in [0.05, 0.1) is 10.6 Å². The zero-order valence-corrected chi connectivity index (χ0v) is 17.0. The maximum atomic E-state index is 12.6. The molecule has 156 valence electrons. The van der Waals surface area contributed by atoms with Gasteiger partial charge in [-0.15, -0.1) is 0 Å². The van der Waals surface area contributed by atoms with E-state index in [1.54, 1.807) is 25.4 Å². The van der Waals surface area contributed by atoms with E-state index >= 15 is 0 Å².